The largest absolute Gasteiger partial charge is 0.261 e. The molecule has 0 amide bonds. The lowest BCUT2D eigenvalue weighted by Crippen LogP contribution is -1.96. The third kappa shape index (κ3) is 2.30. The summed E-state index contributed by atoms with van der Waals surface area (Å²) in [5.41, 5.74) is 6.48. The van der Waals surface area contributed by atoms with Gasteiger partial charge in [0, 0.05) is 18.3 Å². The quantitative estimate of drug-likeness (QED) is 0.739. The van der Waals surface area contributed by atoms with E-state index < -0.39 is 0 Å². The zero-order chi connectivity index (χ0) is 11.5. The fraction of sp³-hybridized carbons (Fsp3) is 0.267. The third-order valence-corrected chi connectivity index (χ3v) is 3.06. The standard InChI is InChI=1S/C15H17N/c1-11-6-7-14(9-13(11)3)10-15-12(2)5-4-8-16-15/h4-9H,10H2,1-3H3. The summed E-state index contributed by atoms with van der Waals surface area (Å²) in [4.78, 5) is 4.43. The second kappa shape index (κ2) is 4.48. The van der Waals surface area contributed by atoms with Gasteiger partial charge in [-0.1, -0.05) is 24.3 Å². The minimum Gasteiger partial charge on any atom is -0.261 e. The summed E-state index contributed by atoms with van der Waals surface area (Å²) in [5.74, 6) is 0. The van der Waals surface area contributed by atoms with Crippen LogP contribution >= 0.6 is 0 Å². The van der Waals surface area contributed by atoms with Crippen molar-refractivity contribution in [3.63, 3.8) is 0 Å². The van der Waals surface area contributed by atoms with Gasteiger partial charge >= 0.3 is 0 Å². The molecule has 2 aromatic rings. The van der Waals surface area contributed by atoms with E-state index in [1.807, 2.05) is 12.3 Å². The first kappa shape index (κ1) is 10.9. The van der Waals surface area contributed by atoms with Crippen LogP contribution in [0.5, 0.6) is 0 Å². The lowest BCUT2D eigenvalue weighted by atomic mass is 10.0. The van der Waals surface area contributed by atoms with Gasteiger partial charge in [0.05, 0.1) is 0 Å². The van der Waals surface area contributed by atoms with Crippen LogP contribution in [-0.2, 0) is 6.42 Å². The van der Waals surface area contributed by atoms with Crippen LogP contribution in [-0.4, -0.2) is 4.98 Å². The molecule has 0 radical (unpaired) electrons. The van der Waals surface area contributed by atoms with E-state index in [2.05, 4.69) is 50.0 Å². The molecule has 1 heterocycles. The molecule has 1 heteroatoms. The summed E-state index contributed by atoms with van der Waals surface area (Å²) in [5, 5.41) is 0. The number of hydrogen-bond acceptors (Lipinski definition) is 1. The first-order chi connectivity index (χ1) is 7.66. The summed E-state index contributed by atoms with van der Waals surface area (Å²) in [6.07, 6.45) is 2.79. The summed E-state index contributed by atoms with van der Waals surface area (Å²) < 4.78 is 0. The van der Waals surface area contributed by atoms with Crippen molar-refractivity contribution >= 4 is 0 Å². The average Bonchev–Trinajstić information content (AvgIpc) is 2.27. The van der Waals surface area contributed by atoms with E-state index in [1.54, 1.807) is 0 Å². The number of rotatable bonds is 2. The predicted octanol–water partition coefficient (Wildman–Crippen LogP) is 3.60. The molecule has 1 aromatic heterocycles. The molecule has 0 aliphatic heterocycles. The zero-order valence-electron chi connectivity index (χ0n) is 10.1. The molecule has 1 aromatic carbocycles. The molecule has 82 valence electrons. The van der Waals surface area contributed by atoms with Gasteiger partial charge in [-0.15, -0.1) is 0 Å². The molecule has 0 aliphatic rings. The van der Waals surface area contributed by atoms with Gasteiger partial charge in [0.1, 0.15) is 0 Å². The fourth-order valence-electron chi connectivity index (χ4n) is 1.81. The number of nitrogens with zero attached hydrogens (tertiary/aromatic N) is 1. The number of aromatic nitrogens is 1. The van der Waals surface area contributed by atoms with Gasteiger partial charge in [0.25, 0.3) is 0 Å². The Labute approximate surface area is 97.2 Å². The molecular formula is C15H17N. The molecule has 0 unspecified atom stereocenters. The van der Waals surface area contributed by atoms with Crippen molar-refractivity contribution in [2.24, 2.45) is 0 Å². The van der Waals surface area contributed by atoms with E-state index >= 15 is 0 Å². The molecule has 0 N–H and O–H groups in total. The Morgan fingerprint density at radius 2 is 1.75 bits per heavy atom. The number of benzene rings is 1. The maximum absolute atomic E-state index is 4.43. The molecule has 2 rings (SSSR count). The summed E-state index contributed by atoms with van der Waals surface area (Å²) >= 11 is 0. The fourth-order valence-corrected chi connectivity index (χ4v) is 1.81. The summed E-state index contributed by atoms with van der Waals surface area (Å²) in [7, 11) is 0. The molecule has 0 fully saturated rings. The summed E-state index contributed by atoms with van der Waals surface area (Å²) in [6, 6.07) is 10.7. The first-order valence-electron chi connectivity index (χ1n) is 5.63. The Bertz CT molecular complexity index is 501. The molecule has 0 bridgehead atoms. The van der Waals surface area contributed by atoms with Crippen molar-refractivity contribution < 1.29 is 0 Å². The zero-order valence-corrected chi connectivity index (χ0v) is 10.1. The van der Waals surface area contributed by atoms with E-state index in [0.29, 0.717) is 0 Å². The van der Waals surface area contributed by atoms with Crippen molar-refractivity contribution in [2.45, 2.75) is 27.2 Å². The van der Waals surface area contributed by atoms with E-state index in [9.17, 15) is 0 Å². The maximum Gasteiger partial charge on any atom is 0.0476 e. The molecule has 0 spiro atoms. The average molecular weight is 211 g/mol. The number of pyridine rings is 1. The van der Waals surface area contributed by atoms with Crippen LogP contribution in [0.4, 0.5) is 0 Å². The van der Waals surface area contributed by atoms with Crippen molar-refractivity contribution in [3.05, 3.63) is 64.5 Å². The lowest BCUT2D eigenvalue weighted by Gasteiger charge is -2.07. The number of hydrogen-bond donors (Lipinski definition) is 0. The Morgan fingerprint density at radius 1 is 0.938 bits per heavy atom. The van der Waals surface area contributed by atoms with Gasteiger partial charge in [-0.2, -0.15) is 0 Å². The number of aryl methyl sites for hydroxylation is 3. The van der Waals surface area contributed by atoms with Crippen molar-refractivity contribution in [2.75, 3.05) is 0 Å². The van der Waals surface area contributed by atoms with E-state index in [-0.39, 0.29) is 0 Å². The SMILES string of the molecule is Cc1ccc(Cc2ncccc2C)cc1C. The van der Waals surface area contributed by atoms with Crippen molar-refractivity contribution in [1.82, 2.24) is 4.98 Å². The highest BCUT2D eigenvalue weighted by Crippen LogP contribution is 2.14. The van der Waals surface area contributed by atoms with E-state index in [1.165, 1.54) is 27.9 Å². The lowest BCUT2D eigenvalue weighted by molar-refractivity contribution is 1.04. The van der Waals surface area contributed by atoms with Crippen LogP contribution in [0.2, 0.25) is 0 Å². The van der Waals surface area contributed by atoms with Crippen LogP contribution in [0, 0.1) is 20.8 Å². The molecule has 0 atom stereocenters. The van der Waals surface area contributed by atoms with Crippen LogP contribution in [0.1, 0.15) is 27.9 Å². The smallest absolute Gasteiger partial charge is 0.0476 e. The highest BCUT2D eigenvalue weighted by atomic mass is 14.7. The van der Waals surface area contributed by atoms with Crippen LogP contribution in [0.25, 0.3) is 0 Å². The van der Waals surface area contributed by atoms with Gasteiger partial charge in [0.15, 0.2) is 0 Å². The maximum atomic E-state index is 4.43. The predicted molar refractivity (Wildman–Crippen MR) is 67.7 cm³/mol. The van der Waals surface area contributed by atoms with Gasteiger partial charge in [-0.05, 0) is 49.1 Å². The topological polar surface area (TPSA) is 12.9 Å². The second-order valence-electron chi connectivity index (χ2n) is 4.36. The van der Waals surface area contributed by atoms with Crippen molar-refractivity contribution in [3.8, 4) is 0 Å². The van der Waals surface area contributed by atoms with E-state index in [0.717, 1.165) is 6.42 Å². The normalized spacial score (nSPS) is 10.4. The van der Waals surface area contributed by atoms with Crippen LogP contribution in [0.3, 0.4) is 0 Å². The van der Waals surface area contributed by atoms with Crippen LogP contribution in [0.15, 0.2) is 36.5 Å². The Hall–Kier alpha value is -1.63. The van der Waals surface area contributed by atoms with Gasteiger partial charge in [-0.3, -0.25) is 4.98 Å². The summed E-state index contributed by atoms with van der Waals surface area (Å²) in [6.45, 7) is 6.42. The Morgan fingerprint density at radius 3 is 2.44 bits per heavy atom. The van der Waals surface area contributed by atoms with Crippen LogP contribution < -0.4 is 0 Å². The van der Waals surface area contributed by atoms with Gasteiger partial charge in [-0.25, -0.2) is 0 Å². The molecule has 0 saturated carbocycles. The Kier molecular flexibility index (Phi) is 3.04. The second-order valence-corrected chi connectivity index (χ2v) is 4.36. The van der Waals surface area contributed by atoms with Gasteiger partial charge in [0.2, 0.25) is 0 Å². The highest BCUT2D eigenvalue weighted by Gasteiger charge is 2.02. The minimum atomic E-state index is 0.924. The molecule has 16 heavy (non-hydrogen) atoms. The van der Waals surface area contributed by atoms with E-state index in [4.69, 9.17) is 0 Å². The highest BCUT2D eigenvalue weighted by molar-refractivity contribution is 5.33. The molecule has 0 saturated heterocycles. The molecule has 1 nitrogen and oxygen atoms in total. The van der Waals surface area contributed by atoms with Gasteiger partial charge < -0.3 is 0 Å². The van der Waals surface area contributed by atoms with Crippen molar-refractivity contribution in [1.29, 1.82) is 0 Å². The third-order valence-electron chi connectivity index (χ3n) is 3.06. The molecular weight excluding hydrogens is 194 g/mol. The Balaban J connectivity index is 2.28. The minimum absolute atomic E-state index is 0.924. The first-order valence-corrected chi connectivity index (χ1v) is 5.63. The molecule has 0 aliphatic carbocycles. The monoisotopic (exact) mass is 211 g/mol.